The first-order chi connectivity index (χ1) is 10.7. The van der Waals surface area contributed by atoms with Crippen molar-refractivity contribution in [2.24, 2.45) is 5.73 Å². The minimum absolute atomic E-state index is 0.00234. The molecular formula is C17H28N4O. The lowest BCUT2D eigenvalue weighted by Crippen LogP contribution is -2.32. The number of hydrogen-bond donors (Lipinski definition) is 2. The summed E-state index contributed by atoms with van der Waals surface area (Å²) in [5.74, 6) is 1.02. The molecule has 0 radical (unpaired) electrons. The van der Waals surface area contributed by atoms with Crippen LogP contribution >= 0.6 is 0 Å². The van der Waals surface area contributed by atoms with Crippen LogP contribution in [0.1, 0.15) is 51.0 Å². The summed E-state index contributed by atoms with van der Waals surface area (Å²) in [6, 6.07) is 3.87. The van der Waals surface area contributed by atoms with Crippen LogP contribution < -0.4 is 16.0 Å². The number of aromatic nitrogens is 1. The fourth-order valence-corrected chi connectivity index (χ4v) is 2.87. The van der Waals surface area contributed by atoms with Crippen molar-refractivity contribution in [2.45, 2.75) is 58.0 Å². The van der Waals surface area contributed by atoms with Crippen LogP contribution in [0.2, 0.25) is 0 Å². The van der Waals surface area contributed by atoms with Crippen molar-refractivity contribution < 1.29 is 4.79 Å². The number of carbonyl (C=O) groups excluding carboxylic acids is 1. The van der Waals surface area contributed by atoms with E-state index in [0.29, 0.717) is 13.0 Å². The summed E-state index contributed by atoms with van der Waals surface area (Å²) in [5.41, 5.74) is 6.74. The summed E-state index contributed by atoms with van der Waals surface area (Å²) < 4.78 is 0. The van der Waals surface area contributed by atoms with Gasteiger partial charge in [0.2, 0.25) is 5.91 Å². The second kappa shape index (κ2) is 8.73. The molecule has 1 aromatic heterocycles. The number of carbonyl (C=O) groups is 1. The number of pyridine rings is 1. The molecule has 5 nitrogen and oxygen atoms in total. The minimum atomic E-state index is -0.109. The first-order valence-electron chi connectivity index (χ1n) is 8.38. The molecular weight excluding hydrogens is 276 g/mol. The van der Waals surface area contributed by atoms with Gasteiger partial charge in [0.25, 0.3) is 0 Å². The highest BCUT2D eigenvalue weighted by Gasteiger charge is 2.14. The average Bonchev–Trinajstić information content (AvgIpc) is 2.45. The number of hydrogen-bond acceptors (Lipinski definition) is 4. The highest BCUT2D eigenvalue weighted by atomic mass is 16.1. The van der Waals surface area contributed by atoms with Gasteiger partial charge in [-0.25, -0.2) is 4.98 Å². The summed E-state index contributed by atoms with van der Waals surface area (Å²) in [4.78, 5) is 18.7. The second-order valence-corrected chi connectivity index (χ2v) is 6.20. The van der Waals surface area contributed by atoms with E-state index in [1.54, 1.807) is 0 Å². The summed E-state index contributed by atoms with van der Waals surface area (Å²) in [7, 11) is 0. The molecule has 1 aliphatic rings. The van der Waals surface area contributed by atoms with Crippen LogP contribution in [-0.2, 0) is 11.3 Å². The molecule has 0 spiro atoms. The van der Waals surface area contributed by atoms with Gasteiger partial charge in [-0.15, -0.1) is 0 Å². The standard InChI is InChI=1S/C17H28N4O/c1-14(18)12-16(22)20-13-15-8-7-9-19-17(15)21-10-5-3-2-4-6-11-21/h7-9,14H,2-6,10-13,18H2,1H3,(H,20,22)/t14-/m0/s1. The Hall–Kier alpha value is -1.62. The minimum Gasteiger partial charge on any atom is -0.356 e. The van der Waals surface area contributed by atoms with Gasteiger partial charge in [0.05, 0.1) is 0 Å². The SMILES string of the molecule is C[C@H](N)CC(=O)NCc1cccnc1N1CCCCCCC1. The Bertz CT molecular complexity index is 467. The lowest BCUT2D eigenvalue weighted by atomic mass is 10.1. The molecule has 1 aliphatic heterocycles. The molecule has 3 N–H and O–H groups in total. The molecule has 0 bridgehead atoms. The van der Waals surface area contributed by atoms with Crippen molar-refractivity contribution in [3.63, 3.8) is 0 Å². The summed E-state index contributed by atoms with van der Waals surface area (Å²) in [6.07, 6.45) is 8.56. The molecule has 1 amide bonds. The van der Waals surface area contributed by atoms with Crippen LogP contribution in [0.5, 0.6) is 0 Å². The predicted molar refractivity (Wildman–Crippen MR) is 89.6 cm³/mol. The summed E-state index contributed by atoms with van der Waals surface area (Å²) >= 11 is 0. The molecule has 2 rings (SSSR count). The van der Waals surface area contributed by atoms with Crippen LogP contribution in [0.4, 0.5) is 5.82 Å². The maximum Gasteiger partial charge on any atom is 0.221 e. The highest BCUT2D eigenvalue weighted by molar-refractivity contribution is 5.76. The molecule has 1 aromatic rings. The Balaban J connectivity index is 2.00. The van der Waals surface area contributed by atoms with E-state index in [9.17, 15) is 4.79 Å². The van der Waals surface area contributed by atoms with Gasteiger partial charge in [0.1, 0.15) is 5.82 Å². The third-order valence-corrected chi connectivity index (χ3v) is 4.01. The number of nitrogens with one attached hydrogen (secondary N) is 1. The quantitative estimate of drug-likeness (QED) is 0.875. The molecule has 1 saturated heterocycles. The number of nitrogens with two attached hydrogens (primary N) is 1. The van der Waals surface area contributed by atoms with Gasteiger partial charge >= 0.3 is 0 Å². The van der Waals surface area contributed by atoms with E-state index in [-0.39, 0.29) is 11.9 Å². The molecule has 5 heteroatoms. The highest BCUT2D eigenvalue weighted by Crippen LogP contribution is 2.21. The van der Waals surface area contributed by atoms with Crippen molar-refractivity contribution in [1.82, 2.24) is 10.3 Å². The van der Waals surface area contributed by atoms with Crippen molar-refractivity contribution >= 4 is 11.7 Å². The Morgan fingerprint density at radius 3 is 2.68 bits per heavy atom. The van der Waals surface area contributed by atoms with Gasteiger partial charge < -0.3 is 16.0 Å². The normalized spacial score (nSPS) is 17.5. The molecule has 0 saturated carbocycles. The molecule has 1 atom stereocenters. The third-order valence-electron chi connectivity index (χ3n) is 4.01. The predicted octanol–water partition coefficient (Wildman–Crippen LogP) is 2.21. The van der Waals surface area contributed by atoms with Crippen LogP contribution in [0, 0.1) is 0 Å². The fourth-order valence-electron chi connectivity index (χ4n) is 2.87. The Morgan fingerprint density at radius 2 is 2.00 bits per heavy atom. The van der Waals surface area contributed by atoms with E-state index >= 15 is 0 Å². The molecule has 122 valence electrons. The average molecular weight is 304 g/mol. The number of nitrogens with zero attached hydrogens (tertiary/aromatic N) is 2. The topological polar surface area (TPSA) is 71.2 Å². The van der Waals surface area contributed by atoms with Gasteiger partial charge in [-0.3, -0.25) is 4.79 Å². The summed E-state index contributed by atoms with van der Waals surface area (Å²) in [5, 5.41) is 2.95. The zero-order valence-corrected chi connectivity index (χ0v) is 13.6. The van der Waals surface area contributed by atoms with Crippen molar-refractivity contribution in [2.75, 3.05) is 18.0 Å². The van der Waals surface area contributed by atoms with Crippen molar-refractivity contribution in [3.8, 4) is 0 Å². The Morgan fingerprint density at radius 1 is 1.32 bits per heavy atom. The van der Waals surface area contributed by atoms with E-state index in [0.717, 1.165) is 24.5 Å². The smallest absolute Gasteiger partial charge is 0.221 e. The maximum atomic E-state index is 11.8. The Labute approximate surface area is 133 Å². The molecule has 0 aromatic carbocycles. The van der Waals surface area contributed by atoms with Crippen molar-refractivity contribution in [3.05, 3.63) is 23.9 Å². The number of anilines is 1. The van der Waals surface area contributed by atoms with Crippen LogP contribution in [0.15, 0.2) is 18.3 Å². The molecule has 2 heterocycles. The van der Waals surface area contributed by atoms with Gasteiger partial charge in [-0.1, -0.05) is 25.3 Å². The van der Waals surface area contributed by atoms with E-state index in [4.69, 9.17) is 5.73 Å². The molecule has 1 fully saturated rings. The Kier molecular flexibility index (Phi) is 6.65. The maximum absolute atomic E-state index is 11.8. The second-order valence-electron chi connectivity index (χ2n) is 6.20. The zero-order chi connectivity index (χ0) is 15.8. The van der Waals surface area contributed by atoms with Gasteiger partial charge in [-0.05, 0) is 25.8 Å². The van der Waals surface area contributed by atoms with Gasteiger partial charge in [-0.2, -0.15) is 0 Å². The molecule has 22 heavy (non-hydrogen) atoms. The number of rotatable bonds is 5. The fraction of sp³-hybridized carbons (Fsp3) is 0.647. The summed E-state index contributed by atoms with van der Waals surface area (Å²) in [6.45, 7) is 4.47. The van der Waals surface area contributed by atoms with E-state index in [1.165, 1.54) is 32.1 Å². The van der Waals surface area contributed by atoms with Gasteiger partial charge in [0, 0.05) is 43.9 Å². The first kappa shape index (κ1) is 16.7. The number of amides is 1. The molecule has 0 unspecified atom stereocenters. The van der Waals surface area contributed by atoms with Crippen molar-refractivity contribution in [1.29, 1.82) is 0 Å². The largest absolute Gasteiger partial charge is 0.356 e. The molecule has 0 aliphatic carbocycles. The van der Waals surface area contributed by atoms with Crippen LogP contribution in [-0.4, -0.2) is 30.0 Å². The van der Waals surface area contributed by atoms with E-state index < -0.39 is 0 Å². The lowest BCUT2D eigenvalue weighted by molar-refractivity contribution is -0.121. The monoisotopic (exact) mass is 304 g/mol. The van der Waals surface area contributed by atoms with Crippen LogP contribution in [0.25, 0.3) is 0 Å². The van der Waals surface area contributed by atoms with E-state index in [2.05, 4.69) is 15.2 Å². The van der Waals surface area contributed by atoms with E-state index in [1.807, 2.05) is 25.3 Å². The van der Waals surface area contributed by atoms with Gasteiger partial charge in [0.15, 0.2) is 0 Å². The first-order valence-corrected chi connectivity index (χ1v) is 8.38. The zero-order valence-electron chi connectivity index (χ0n) is 13.6. The third kappa shape index (κ3) is 5.30. The lowest BCUT2D eigenvalue weighted by Gasteiger charge is -2.27. The van der Waals surface area contributed by atoms with Crippen LogP contribution in [0.3, 0.4) is 0 Å².